The van der Waals surface area contributed by atoms with Crippen molar-refractivity contribution in [1.29, 1.82) is 0 Å². The summed E-state index contributed by atoms with van der Waals surface area (Å²) in [5.74, 6) is 0.126. The molecule has 266 valence electrons. The third-order valence-corrected chi connectivity index (χ3v) is 7.76. The van der Waals surface area contributed by atoms with Gasteiger partial charge < -0.3 is 30.7 Å². The Kier molecular flexibility index (Phi) is 20.1. The van der Waals surface area contributed by atoms with Gasteiger partial charge in [-0.15, -0.1) is 0 Å². The minimum absolute atomic E-state index is 0.158. The summed E-state index contributed by atoms with van der Waals surface area (Å²) in [7, 11) is 0. The minimum Gasteiger partial charge on any atom is -0.445 e. The van der Waals surface area contributed by atoms with Gasteiger partial charge in [0.05, 0.1) is 0 Å². The standard InChI is InChI=1S/C38H58N4O6/c1-29(2)25-33(41-37(45)47-27-31-19-13-11-14-20-31)35(43)39-23-17-9-7-5-6-8-10-18-24-40-36(44)34(26-30(3)4)42-38(46)48-28-32-21-15-12-16-22-32/h11-16,19-22,29-30,33-34H,5-10,17-18,23-28H2,1-4H3,(H,39,43)(H,40,44)(H,41,45)(H,42,46)/t33-,34-/m0/s1. The molecule has 4 amide bonds. The molecule has 0 saturated heterocycles. The lowest BCUT2D eigenvalue weighted by Crippen LogP contribution is -2.47. The number of carbonyl (C=O) groups is 4. The second kappa shape index (κ2) is 24.1. The van der Waals surface area contributed by atoms with Gasteiger partial charge >= 0.3 is 12.2 Å². The monoisotopic (exact) mass is 666 g/mol. The van der Waals surface area contributed by atoms with Crippen LogP contribution < -0.4 is 21.3 Å². The summed E-state index contributed by atoms with van der Waals surface area (Å²) in [5, 5.41) is 11.4. The van der Waals surface area contributed by atoms with Crippen molar-refractivity contribution >= 4 is 24.0 Å². The predicted molar refractivity (Wildman–Crippen MR) is 189 cm³/mol. The van der Waals surface area contributed by atoms with E-state index < -0.39 is 24.3 Å². The number of ether oxygens (including phenoxy) is 2. The highest BCUT2D eigenvalue weighted by Gasteiger charge is 2.23. The van der Waals surface area contributed by atoms with E-state index in [2.05, 4.69) is 21.3 Å². The Balaban J connectivity index is 1.52. The maximum Gasteiger partial charge on any atom is 0.408 e. The zero-order valence-electron chi connectivity index (χ0n) is 29.4. The highest BCUT2D eigenvalue weighted by atomic mass is 16.6. The Morgan fingerprint density at radius 1 is 0.521 bits per heavy atom. The van der Waals surface area contributed by atoms with Gasteiger partial charge in [0.1, 0.15) is 25.3 Å². The topological polar surface area (TPSA) is 135 Å². The van der Waals surface area contributed by atoms with Crippen LogP contribution in [0.4, 0.5) is 9.59 Å². The van der Waals surface area contributed by atoms with Crippen molar-refractivity contribution in [3.8, 4) is 0 Å². The molecule has 4 N–H and O–H groups in total. The molecule has 0 aliphatic rings. The molecule has 2 rings (SSSR count). The lowest BCUT2D eigenvalue weighted by Gasteiger charge is -2.20. The van der Waals surface area contributed by atoms with Crippen LogP contribution in [0.2, 0.25) is 0 Å². The third-order valence-electron chi connectivity index (χ3n) is 7.76. The van der Waals surface area contributed by atoms with Gasteiger partial charge in [0.2, 0.25) is 11.8 Å². The predicted octanol–water partition coefficient (Wildman–Crippen LogP) is 7.02. The van der Waals surface area contributed by atoms with Gasteiger partial charge in [-0.25, -0.2) is 9.59 Å². The fourth-order valence-electron chi connectivity index (χ4n) is 5.20. The van der Waals surface area contributed by atoms with Crippen LogP contribution in [0.1, 0.15) is 103 Å². The second-order valence-electron chi connectivity index (χ2n) is 13.2. The number of benzene rings is 2. The molecular weight excluding hydrogens is 608 g/mol. The summed E-state index contributed by atoms with van der Waals surface area (Å²) in [6, 6.07) is 17.6. The van der Waals surface area contributed by atoms with Crippen LogP contribution in [0.25, 0.3) is 0 Å². The van der Waals surface area contributed by atoms with Crippen LogP contribution >= 0.6 is 0 Å². The van der Waals surface area contributed by atoms with Gasteiger partial charge in [-0.3, -0.25) is 9.59 Å². The Morgan fingerprint density at radius 2 is 0.854 bits per heavy atom. The van der Waals surface area contributed by atoms with Gasteiger partial charge in [0.25, 0.3) is 0 Å². The summed E-state index contributed by atoms with van der Waals surface area (Å²) in [4.78, 5) is 50.1. The fourth-order valence-corrected chi connectivity index (χ4v) is 5.20. The molecule has 2 aromatic rings. The molecule has 0 heterocycles. The molecule has 0 unspecified atom stereocenters. The molecule has 0 saturated carbocycles. The van der Waals surface area contributed by atoms with Gasteiger partial charge in [0.15, 0.2) is 0 Å². The minimum atomic E-state index is -0.628. The van der Waals surface area contributed by atoms with E-state index in [4.69, 9.17) is 9.47 Å². The molecule has 0 spiro atoms. The van der Waals surface area contributed by atoms with E-state index in [1.807, 2.05) is 88.4 Å². The molecule has 0 bridgehead atoms. The van der Waals surface area contributed by atoms with E-state index in [1.54, 1.807) is 0 Å². The SMILES string of the molecule is CC(C)C[C@H](NC(=O)OCc1ccccc1)C(=O)NCCCCCCCCCCNC(=O)[C@H](CC(C)C)NC(=O)OCc1ccccc1. The molecule has 2 aromatic carbocycles. The summed E-state index contributed by atoms with van der Waals surface area (Å²) >= 11 is 0. The van der Waals surface area contributed by atoms with Gasteiger partial charge in [-0.1, -0.05) is 127 Å². The molecule has 10 heteroatoms. The highest BCUT2D eigenvalue weighted by Crippen LogP contribution is 2.11. The quantitative estimate of drug-likeness (QED) is 0.0942. The number of carbonyl (C=O) groups excluding carboxylic acids is 4. The van der Waals surface area contributed by atoms with E-state index >= 15 is 0 Å². The number of amides is 4. The second-order valence-corrected chi connectivity index (χ2v) is 13.2. The first-order valence-electron chi connectivity index (χ1n) is 17.6. The Hall–Kier alpha value is -4.08. The maximum absolute atomic E-state index is 12.8. The van der Waals surface area contributed by atoms with Crippen molar-refractivity contribution in [2.24, 2.45) is 11.8 Å². The number of rotatable bonds is 23. The number of hydrogen-bond acceptors (Lipinski definition) is 6. The van der Waals surface area contributed by atoms with Crippen LogP contribution in [0, 0.1) is 11.8 Å². The summed E-state index contributed by atoms with van der Waals surface area (Å²) in [6.45, 7) is 9.53. The molecule has 48 heavy (non-hydrogen) atoms. The van der Waals surface area contributed by atoms with Crippen molar-refractivity contribution in [1.82, 2.24) is 21.3 Å². The first-order valence-corrected chi connectivity index (χ1v) is 17.6. The smallest absolute Gasteiger partial charge is 0.408 e. The highest BCUT2D eigenvalue weighted by molar-refractivity contribution is 5.86. The average Bonchev–Trinajstić information content (AvgIpc) is 3.06. The van der Waals surface area contributed by atoms with Crippen LogP contribution in [0.3, 0.4) is 0 Å². The van der Waals surface area contributed by atoms with E-state index in [0.29, 0.717) is 25.9 Å². The molecule has 0 aliphatic heterocycles. The zero-order valence-corrected chi connectivity index (χ0v) is 29.4. The van der Waals surface area contributed by atoms with E-state index in [-0.39, 0.29) is 36.9 Å². The Labute approximate surface area is 287 Å². The van der Waals surface area contributed by atoms with Crippen molar-refractivity contribution < 1.29 is 28.7 Å². The number of alkyl carbamates (subject to hydrolysis) is 2. The molecule has 0 radical (unpaired) electrons. The van der Waals surface area contributed by atoms with E-state index in [0.717, 1.165) is 62.5 Å². The van der Waals surface area contributed by atoms with E-state index in [9.17, 15) is 19.2 Å². The van der Waals surface area contributed by atoms with Crippen molar-refractivity contribution in [2.75, 3.05) is 13.1 Å². The lowest BCUT2D eigenvalue weighted by atomic mass is 10.0. The van der Waals surface area contributed by atoms with Crippen molar-refractivity contribution in [2.45, 2.75) is 117 Å². The summed E-state index contributed by atoms with van der Waals surface area (Å²) in [5.41, 5.74) is 1.78. The Morgan fingerprint density at radius 3 is 1.19 bits per heavy atom. The summed E-state index contributed by atoms with van der Waals surface area (Å²) < 4.78 is 10.6. The largest absolute Gasteiger partial charge is 0.445 e. The zero-order chi connectivity index (χ0) is 35.0. The molecule has 0 fully saturated rings. The van der Waals surface area contributed by atoms with Crippen LogP contribution in [-0.4, -0.2) is 49.2 Å². The van der Waals surface area contributed by atoms with Crippen LogP contribution in [0.5, 0.6) is 0 Å². The Bertz CT molecular complexity index is 1100. The third kappa shape index (κ3) is 18.9. The fraction of sp³-hybridized carbons (Fsp3) is 0.579. The number of hydrogen-bond donors (Lipinski definition) is 4. The first kappa shape index (κ1) is 40.1. The average molecular weight is 667 g/mol. The van der Waals surface area contributed by atoms with Gasteiger partial charge in [-0.2, -0.15) is 0 Å². The number of unbranched alkanes of at least 4 members (excludes halogenated alkanes) is 7. The van der Waals surface area contributed by atoms with Gasteiger partial charge in [0, 0.05) is 13.1 Å². The first-order chi connectivity index (χ1) is 23.1. The van der Waals surface area contributed by atoms with Crippen LogP contribution in [-0.2, 0) is 32.3 Å². The van der Waals surface area contributed by atoms with E-state index in [1.165, 1.54) is 0 Å². The number of nitrogens with one attached hydrogen (secondary N) is 4. The molecule has 0 aliphatic carbocycles. The van der Waals surface area contributed by atoms with Gasteiger partial charge in [-0.05, 0) is 48.6 Å². The lowest BCUT2D eigenvalue weighted by molar-refractivity contribution is -0.124. The van der Waals surface area contributed by atoms with Crippen molar-refractivity contribution in [3.05, 3.63) is 71.8 Å². The summed E-state index contributed by atoms with van der Waals surface area (Å²) in [6.07, 6.45) is 8.14. The molecule has 0 aromatic heterocycles. The van der Waals surface area contributed by atoms with Crippen molar-refractivity contribution in [3.63, 3.8) is 0 Å². The normalized spacial score (nSPS) is 12.2. The molecule has 10 nitrogen and oxygen atoms in total. The maximum atomic E-state index is 12.8. The molecular formula is C38H58N4O6. The van der Waals surface area contributed by atoms with Crippen LogP contribution in [0.15, 0.2) is 60.7 Å². The molecule has 2 atom stereocenters.